The van der Waals surface area contributed by atoms with Gasteiger partial charge >= 0.3 is 0 Å². The normalized spacial score (nSPS) is 13.4. The Kier molecular flexibility index (Phi) is 8.14. The van der Waals surface area contributed by atoms with Crippen molar-refractivity contribution in [3.8, 4) is 22.5 Å². The maximum atomic E-state index is 4.86. The Bertz CT molecular complexity index is 2390. The van der Waals surface area contributed by atoms with Gasteiger partial charge in [-0.25, -0.2) is 0 Å². The van der Waals surface area contributed by atoms with Gasteiger partial charge in [0.2, 0.25) is 0 Å². The molecule has 0 fully saturated rings. The molecule has 2 aromatic heterocycles. The molecule has 0 spiro atoms. The molecule has 7 aromatic rings. The Morgan fingerprint density at radius 3 is 1.28 bits per heavy atom. The van der Waals surface area contributed by atoms with E-state index < -0.39 is 16.1 Å². The van der Waals surface area contributed by atoms with Crippen molar-refractivity contribution in [3.63, 3.8) is 0 Å². The van der Waals surface area contributed by atoms with E-state index in [1.165, 1.54) is 55.1 Å². The van der Waals surface area contributed by atoms with Gasteiger partial charge < -0.3 is 9.80 Å². The minimum absolute atomic E-state index is 0.0599. The summed E-state index contributed by atoms with van der Waals surface area (Å²) in [6.07, 6.45) is 3.79. The van der Waals surface area contributed by atoms with E-state index in [0.29, 0.717) is 0 Å². The molecule has 0 saturated carbocycles. The van der Waals surface area contributed by atoms with Crippen LogP contribution in [0.1, 0.15) is 5.56 Å². The molecule has 0 radical (unpaired) electrons. The number of aryl methyl sites for hydroxylation is 1. The molecule has 0 unspecified atom stereocenters. The first kappa shape index (κ1) is 34.3. The number of benzene rings is 5. The van der Waals surface area contributed by atoms with Crippen molar-refractivity contribution < 1.29 is 0 Å². The lowest BCUT2D eigenvalue weighted by atomic mass is 9.33. The van der Waals surface area contributed by atoms with E-state index in [9.17, 15) is 0 Å². The van der Waals surface area contributed by atoms with E-state index >= 15 is 0 Å². The number of nitrogens with zero attached hydrogens (tertiary/aromatic N) is 4. The van der Waals surface area contributed by atoms with Gasteiger partial charge in [0.25, 0.3) is 6.71 Å². The first-order chi connectivity index (χ1) is 26.0. The average Bonchev–Trinajstić information content (AvgIpc) is 3.17. The van der Waals surface area contributed by atoms with E-state index in [1.807, 2.05) is 24.5 Å². The zero-order valence-corrected chi connectivity index (χ0v) is 34.2. The number of rotatable bonds is 6. The van der Waals surface area contributed by atoms with Crippen LogP contribution >= 0.6 is 0 Å². The SMILES string of the molecule is Cc1cc2c3c(c1)N(c1ccccc1-c1ccccn1)c1ccc([Si](C)(C)C)cc1B3c1cc([Si](C)(C)C)ccc1N2c1ccccc1-c1ccccn1. The molecule has 5 aromatic carbocycles. The van der Waals surface area contributed by atoms with Crippen LogP contribution in [-0.4, -0.2) is 32.8 Å². The molecule has 0 atom stereocenters. The van der Waals surface area contributed by atoms with Crippen LogP contribution in [0, 0.1) is 6.92 Å². The summed E-state index contributed by atoms with van der Waals surface area (Å²) in [5, 5.41) is 2.95. The molecule has 2 aliphatic heterocycles. The summed E-state index contributed by atoms with van der Waals surface area (Å²) in [6.45, 7) is 17.1. The molecule has 2 aliphatic rings. The highest BCUT2D eigenvalue weighted by molar-refractivity contribution is 7.01. The van der Waals surface area contributed by atoms with Gasteiger partial charge in [-0.15, -0.1) is 0 Å². The average molecular weight is 733 g/mol. The van der Waals surface area contributed by atoms with Gasteiger partial charge in [0.1, 0.15) is 0 Å². The Morgan fingerprint density at radius 2 is 0.870 bits per heavy atom. The minimum Gasteiger partial charge on any atom is -0.311 e. The van der Waals surface area contributed by atoms with Crippen LogP contribution in [0.3, 0.4) is 0 Å². The molecule has 4 nitrogen and oxygen atoms in total. The molecule has 4 heterocycles. The fraction of sp³-hybridized carbons (Fsp3) is 0.149. The highest BCUT2D eigenvalue weighted by Crippen LogP contribution is 2.47. The predicted octanol–water partition coefficient (Wildman–Crippen LogP) is 9.29. The lowest BCUT2D eigenvalue weighted by Gasteiger charge is -2.45. The number of anilines is 6. The van der Waals surface area contributed by atoms with Crippen molar-refractivity contribution in [2.75, 3.05) is 9.80 Å². The van der Waals surface area contributed by atoms with Gasteiger partial charge in [-0.1, -0.05) is 122 Å². The molecule has 0 amide bonds. The van der Waals surface area contributed by atoms with Crippen molar-refractivity contribution in [2.45, 2.75) is 46.2 Å². The Labute approximate surface area is 322 Å². The molecule has 0 N–H and O–H groups in total. The zero-order chi connectivity index (χ0) is 37.4. The van der Waals surface area contributed by atoms with Gasteiger partial charge in [0, 0.05) is 46.3 Å². The fourth-order valence-electron chi connectivity index (χ4n) is 8.41. The monoisotopic (exact) mass is 732 g/mol. The van der Waals surface area contributed by atoms with Crippen molar-refractivity contribution in [3.05, 3.63) is 151 Å². The number of pyridine rings is 2. The quantitative estimate of drug-likeness (QED) is 0.160. The van der Waals surface area contributed by atoms with Gasteiger partial charge in [-0.3, -0.25) is 9.97 Å². The fourth-order valence-corrected chi connectivity index (χ4v) is 10.8. The summed E-state index contributed by atoms with van der Waals surface area (Å²) < 4.78 is 0. The second-order valence-corrected chi connectivity index (χ2v) is 27.0. The van der Waals surface area contributed by atoms with Gasteiger partial charge in [-0.2, -0.15) is 0 Å². The standard InChI is InChI=1S/C47H45BN4Si2/c1-32-28-45-47-46(29-32)52(42-21-11-9-17-36(42)40-19-13-15-27-50-40)44-25-23-34(54(5,6)7)31-38(44)48(47)37-30-33(53(2,3)4)22-24-43(37)51(45)41-20-10-8-16-35(41)39-18-12-14-26-49-39/h8-31H,1-7H3. The molecular formula is C47H45BN4Si2. The van der Waals surface area contributed by atoms with E-state index in [0.717, 1.165) is 33.9 Å². The summed E-state index contributed by atoms with van der Waals surface area (Å²) >= 11 is 0. The Balaban J connectivity index is 1.41. The lowest BCUT2D eigenvalue weighted by molar-refractivity contribution is 1.23. The van der Waals surface area contributed by atoms with Crippen molar-refractivity contribution in [1.82, 2.24) is 9.97 Å². The third-order valence-electron chi connectivity index (χ3n) is 11.1. The summed E-state index contributed by atoms with van der Waals surface area (Å²) in [4.78, 5) is 14.8. The van der Waals surface area contributed by atoms with Crippen LogP contribution in [0.5, 0.6) is 0 Å². The maximum absolute atomic E-state index is 4.86. The van der Waals surface area contributed by atoms with Crippen molar-refractivity contribution in [2.24, 2.45) is 0 Å². The third-order valence-corrected chi connectivity index (χ3v) is 15.2. The van der Waals surface area contributed by atoms with Crippen LogP contribution in [0.15, 0.2) is 146 Å². The Hall–Kier alpha value is -5.50. The molecule has 264 valence electrons. The number of aromatic nitrogens is 2. The number of fused-ring (bicyclic) bond motifs is 4. The van der Waals surface area contributed by atoms with E-state index in [1.54, 1.807) is 0 Å². The molecule has 0 bridgehead atoms. The minimum atomic E-state index is -1.68. The summed E-state index contributed by atoms with van der Waals surface area (Å²) in [5.41, 5.74) is 16.6. The smallest absolute Gasteiger partial charge is 0.252 e. The predicted molar refractivity (Wildman–Crippen MR) is 238 cm³/mol. The van der Waals surface area contributed by atoms with E-state index in [-0.39, 0.29) is 6.71 Å². The second-order valence-electron chi connectivity index (χ2n) is 16.8. The second kappa shape index (κ2) is 12.8. The first-order valence-corrected chi connectivity index (χ1v) is 26.0. The highest BCUT2D eigenvalue weighted by Gasteiger charge is 2.45. The van der Waals surface area contributed by atoms with E-state index in [4.69, 9.17) is 9.97 Å². The number of hydrogen-bond acceptors (Lipinski definition) is 4. The first-order valence-electron chi connectivity index (χ1n) is 19.0. The third kappa shape index (κ3) is 5.65. The van der Waals surface area contributed by atoms with Gasteiger partial charge in [0.15, 0.2) is 0 Å². The summed E-state index contributed by atoms with van der Waals surface area (Å²) in [5.74, 6) is 0. The number of hydrogen-bond donors (Lipinski definition) is 0. The molecular weight excluding hydrogens is 688 g/mol. The van der Waals surface area contributed by atoms with Crippen LogP contribution in [0.25, 0.3) is 22.5 Å². The topological polar surface area (TPSA) is 32.3 Å². The zero-order valence-electron chi connectivity index (χ0n) is 32.2. The Morgan fingerprint density at radius 1 is 0.444 bits per heavy atom. The lowest BCUT2D eigenvalue weighted by Crippen LogP contribution is -2.63. The van der Waals surface area contributed by atoms with E-state index in [2.05, 4.69) is 177 Å². The maximum Gasteiger partial charge on any atom is 0.252 e. The van der Waals surface area contributed by atoms with Crippen LogP contribution < -0.4 is 36.6 Å². The van der Waals surface area contributed by atoms with Crippen LogP contribution in [0.2, 0.25) is 39.3 Å². The molecule has 0 saturated heterocycles. The molecule has 54 heavy (non-hydrogen) atoms. The number of para-hydroxylation sites is 2. The van der Waals surface area contributed by atoms with Crippen LogP contribution in [0.4, 0.5) is 34.1 Å². The van der Waals surface area contributed by atoms with Crippen molar-refractivity contribution >= 4 is 83.7 Å². The molecule has 0 aliphatic carbocycles. The summed E-state index contributed by atoms with van der Waals surface area (Å²) in [6, 6.07) is 49.5. The van der Waals surface area contributed by atoms with Gasteiger partial charge in [-0.05, 0) is 89.5 Å². The van der Waals surface area contributed by atoms with Crippen LogP contribution in [-0.2, 0) is 0 Å². The summed E-state index contributed by atoms with van der Waals surface area (Å²) in [7, 11) is -3.36. The molecule has 7 heteroatoms. The van der Waals surface area contributed by atoms with Gasteiger partial charge in [0.05, 0.1) is 38.9 Å². The molecule has 9 rings (SSSR count). The highest BCUT2D eigenvalue weighted by atomic mass is 28.3. The largest absolute Gasteiger partial charge is 0.311 e. The van der Waals surface area contributed by atoms with Crippen molar-refractivity contribution in [1.29, 1.82) is 0 Å².